The van der Waals surface area contributed by atoms with E-state index in [0.29, 0.717) is 6.42 Å². The van der Waals surface area contributed by atoms with Crippen molar-refractivity contribution in [3.63, 3.8) is 0 Å². The van der Waals surface area contributed by atoms with Gasteiger partial charge in [0.1, 0.15) is 17.7 Å². The normalized spacial score (nSPS) is 14.3. The van der Waals surface area contributed by atoms with Crippen LogP contribution in [0.15, 0.2) is 0 Å². The Labute approximate surface area is 138 Å². The van der Waals surface area contributed by atoms with Crippen molar-refractivity contribution in [3.8, 4) is 0 Å². The maximum absolute atomic E-state index is 12.4. The molecule has 3 N–H and O–H groups in total. The van der Waals surface area contributed by atoms with E-state index >= 15 is 0 Å². The molecular weight excluding hydrogens is 300 g/mol. The highest BCUT2D eigenvalue weighted by Gasteiger charge is 2.30. The van der Waals surface area contributed by atoms with Crippen molar-refractivity contribution in [2.75, 3.05) is 0 Å². The SMILES string of the molecule is CC(C)CC(NC(=O)OC(C)(C)C)C(=O)NC(C(=O)O)C(C)C. The van der Waals surface area contributed by atoms with Crippen LogP contribution >= 0.6 is 0 Å². The predicted octanol–water partition coefficient (Wildman–Crippen LogP) is 2.15. The summed E-state index contributed by atoms with van der Waals surface area (Å²) >= 11 is 0. The van der Waals surface area contributed by atoms with Crippen LogP contribution in [0.2, 0.25) is 0 Å². The number of carboxylic acids is 1. The van der Waals surface area contributed by atoms with Crippen LogP contribution in [-0.2, 0) is 14.3 Å². The molecule has 0 aromatic rings. The second-order valence-electron chi connectivity index (χ2n) is 7.40. The van der Waals surface area contributed by atoms with E-state index in [0.717, 1.165) is 0 Å². The van der Waals surface area contributed by atoms with Gasteiger partial charge in [0.25, 0.3) is 0 Å². The molecule has 2 unspecified atom stereocenters. The van der Waals surface area contributed by atoms with Crippen molar-refractivity contribution < 1.29 is 24.2 Å². The van der Waals surface area contributed by atoms with Crippen molar-refractivity contribution >= 4 is 18.0 Å². The number of ether oxygens (including phenoxy) is 1. The van der Waals surface area contributed by atoms with E-state index in [1.54, 1.807) is 34.6 Å². The van der Waals surface area contributed by atoms with Gasteiger partial charge in [-0.2, -0.15) is 0 Å². The van der Waals surface area contributed by atoms with Crippen LogP contribution in [0.4, 0.5) is 4.79 Å². The number of carbonyl (C=O) groups excluding carboxylic acids is 2. The highest BCUT2D eigenvalue weighted by molar-refractivity contribution is 5.89. The minimum Gasteiger partial charge on any atom is -0.480 e. The van der Waals surface area contributed by atoms with E-state index < -0.39 is 35.7 Å². The highest BCUT2D eigenvalue weighted by Crippen LogP contribution is 2.10. The molecule has 0 saturated heterocycles. The summed E-state index contributed by atoms with van der Waals surface area (Å²) in [7, 11) is 0. The van der Waals surface area contributed by atoms with E-state index in [2.05, 4.69) is 10.6 Å². The van der Waals surface area contributed by atoms with Gasteiger partial charge < -0.3 is 20.5 Å². The molecule has 0 spiro atoms. The molecule has 0 saturated carbocycles. The van der Waals surface area contributed by atoms with Crippen molar-refractivity contribution in [1.29, 1.82) is 0 Å². The van der Waals surface area contributed by atoms with Crippen molar-refractivity contribution in [3.05, 3.63) is 0 Å². The summed E-state index contributed by atoms with van der Waals surface area (Å²) < 4.78 is 5.15. The lowest BCUT2D eigenvalue weighted by atomic mass is 10.0. The number of amides is 2. The number of nitrogens with one attached hydrogen (secondary N) is 2. The van der Waals surface area contributed by atoms with Crippen molar-refractivity contribution in [1.82, 2.24) is 10.6 Å². The van der Waals surface area contributed by atoms with Gasteiger partial charge in [0.15, 0.2) is 0 Å². The number of hydrogen-bond donors (Lipinski definition) is 3. The first-order valence-electron chi connectivity index (χ1n) is 7.86. The molecule has 0 aromatic heterocycles. The Morgan fingerprint density at radius 1 is 1.04 bits per heavy atom. The first-order chi connectivity index (χ1) is 10.3. The summed E-state index contributed by atoms with van der Waals surface area (Å²) in [6.45, 7) is 12.4. The Hall–Kier alpha value is -1.79. The number of rotatable bonds is 7. The molecule has 0 bridgehead atoms. The summed E-state index contributed by atoms with van der Waals surface area (Å²) in [4.78, 5) is 35.4. The van der Waals surface area contributed by atoms with Crippen molar-refractivity contribution in [2.45, 2.75) is 72.6 Å². The maximum atomic E-state index is 12.4. The average molecular weight is 330 g/mol. The summed E-state index contributed by atoms with van der Waals surface area (Å²) in [6, 6.07) is -1.84. The van der Waals surface area contributed by atoms with E-state index in [1.807, 2.05) is 13.8 Å². The van der Waals surface area contributed by atoms with E-state index in [1.165, 1.54) is 0 Å². The third kappa shape index (κ3) is 9.05. The third-order valence-corrected chi connectivity index (χ3v) is 2.95. The van der Waals surface area contributed by atoms with E-state index in [9.17, 15) is 14.4 Å². The van der Waals surface area contributed by atoms with Gasteiger partial charge in [-0.1, -0.05) is 27.7 Å². The van der Waals surface area contributed by atoms with Gasteiger partial charge in [-0.15, -0.1) is 0 Å². The van der Waals surface area contributed by atoms with Crippen LogP contribution < -0.4 is 10.6 Å². The summed E-state index contributed by atoms with van der Waals surface area (Å²) in [5, 5.41) is 14.2. The molecule has 23 heavy (non-hydrogen) atoms. The van der Waals surface area contributed by atoms with E-state index in [4.69, 9.17) is 9.84 Å². The van der Waals surface area contributed by atoms with Crippen LogP contribution in [0.25, 0.3) is 0 Å². The fraction of sp³-hybridized carbons (Fsp3) is 0.812. The van der Waals surface area contributed by atoms with Gasteiger partial charge >= 0.3 is 12.1 Å². The molecule has 134 valence electrons. The van der Waals surface area contributed by atoms with Crippen LogP contribution in [0.3, 0.4) is 0 Å². The van der Waals surface area contributed by atoms with E-state index in [-0.39, 0.29) is 11.8 Å². The maximum Gasteiger partial charge on any atom is 0.408 e. The van der Waals surface area contributed by atoms with Crippen LogP contribution in [-0.4, -0.2) is 40.8 Å². The topological polar surface area (TPSA) is 105 Å². The minimum absolute atomic E-state index is 0.142. The van der Waals surface area contributed by atoms with Gasteiger partial charge in [0.05, 0.1) is 0 Å². The smallest absolute Gasteiger partial charge is 0.408 e. The number of alkyl carbamates (subject to hydrolysis) is 1. The average Bonchev–Trinajstić information content (AvgIpc) is 2.30. The lowest BCUT2D eigenvalue weighted by Gasteiger charge is -2.26. The molecule has 0 aromatic carbocycles. The molecule has 0 aliphatic heterocycles. The zero-order chi connectivity index (χ0) is 18.4. The Bertz CT molecular complexity index is 427. The molecule has 7 heteroatoms. The molecule has 2 amide bonds. The second-order valence-corrected chi connectivity index (χ2v) is 7.40. The lowest BCUT2D eigenvalue weighted by molar-refractivity contribution is -0.143. The predicted molar refractivity (Wildman–Crippen MR) is 87.0 cm³/mol. The molecule has 7 nitrogen and oxygen atoms in total. The first kappa shape index (κ1) is 21.2. The van der Waals surface area contributed by atoms with Gasteiger partial charge in [-0.05, 0) is 39.0 Å². The largest absolute Gasteiger partial charge is 0.480 e. The standard InChI is InChI=1S/C16H30N2O5/c1-9(2)8-11(17-15(22)23-16(5,6)7)13(19)18-12(10(3)4)14(20)21/h9-12H,8H2,1-7H3,(H,17,22)(H,18,19)(H,20,21). The first-order valence-corrected chi connectivity index (χ1v) is 7.86. The molecule has 0 aliphatic rings. The zero-order valence-corrected chi connectivity index (χ0v) is 15.1. The Morgan fingerprint density at radius 3 is 1.91 bits per heavy atom. The Balaban J connectivity index is 4.98. The zero-order valence-electron chi connectivity index (χ0n) is 15.1. The van der Waals surface area contributed by atoms with Gasteiger partial charge in [-0.3, -0.25) is 4.79 Å². The second kappa shape index (κ2) is 8.74. The number of carboxylic acid groups (broad SMARTS) is 1. The van der Waals surface area contributed by atoms with Crippen LogP contribution in [0, 0.1) is 11.8 Å². The fourth-order valence-electron chi connectivity index (χ4n) is 1.92. The number of aliphatic carboxylic acids is 1. The highest BCUT2D eigenvalue weighted by atomic mass is 16.6. The van der Waals surface area contributed by atoms with Crippen LogP contribution in [0.1, 0.15) is 54.9 Å². The lowest BCUT2D eigenvalue weighted by Crippen LogP contribution is -2.54. The fourth-order valence-corrected chi connectivity index (χ4v) is 1.92. The summed E-state index contributed by atoms with van der Waals surface area (Å²) in [5.41, 5.74) is -0.676. The van der Waals surface area contributed by atoms with Crippen LogP contribution in [0.5, 0.6) is 0 Å². The Kier molecular flexibility index (Phi) is 8.06. The third-order valence-electron chi connectivity index (χ3n) is 2.95. The van der Waals surface area contributed by atoms with Gasteiger partial charge in [-0.25, -0.2) is 9.59 Å². The molecule has 0 fully saturated rings. The van der Waals surface area contributed by atoms with Gasteiger partial charge in [0.2, 0.25) is 5.91 Å². The molecule has 2 atom stereocenters. The molecule has 0 radical (unpaired) electrons. The Morgan fingerprint density at radius 2 is 1.57 bits per heavy atom. The molecule has 0 rings (SSSR count). The molecule has 0 aliphatic carbocycles. The number of hydrogen-bond acceptors (Lipinski definition) is 4. The minimum atomic E-state index is -1.10. The van der Waals surface area contributed by atoms with Crippen molar-refractivity contribution in [2.24, 2.45) is 11.8 Å². The monoisotopic (exact) mass is 330 g/mol. The summed E-state index contributed by atoms with van der Waals surface area (Å²) in [6.07, 6.45) is -0.315. The quantitative estimate of drug-likeness (QED) is 0.663. The molecular formula is C16H30N2O5. The number of carbonyl (C=O) groups is 3. The summed E-state index contributed by atoms with van der Waals surface area (Å²) in [5.74, 6) is -1.75. The van der Waals surface area contributed by atoms with Gasteiger partial charge in [0, 0.05) is 0 Å². The molecule has 0 heterocycles.